The molecule has 2 aliphatic heterocycles. The lowest BCUT2D eigenvalue weighted by Crippen LogP contribution is -2.50. The zero-order valence-electron chi connectivity index (χ0n) is 15.2. The van der Waals surface area contributed by atoms with Gasteiger partial charge in [0.2, 0.25) is 15.9 Å². The molecule has 0 saturated carbocycles. The first-order chi connectivity index (χ1) is 13.1. The van der Waals surface area contributed by atoms with Gasteiger partial charge in [-0.15, -0.1) is 0 Å². The van der Waals surface area contributed by atoms with Crippen LogP contribution in [0.15, 0.2) is 29.2 Å². The van der Waals surface area contributed by atoms with Crippen LogP contribution in [0.25, 0.3) is 0 Å². The van der Waals surface area contributed by atoms with Crippen molar-refractivity contribution in [2.75, 3.05) is 26.2 Å². The SMILES string of the molecule is O=C([C@H]1CCCN(S(=O)(=O)c2ccc(Cl)cc2)C1)N1CCC[C@H](C(F)(F)F)C1. The minimum atomic E-state index is -4.32. The highest BCUT2D eigenvalue weighted by Gasteiger charge is 2.44. The average molecular weight is 439 g/mol. The Hall–Kier alpha value is -1.32. The van der Waals surface area contributed by atoms with Gasteiger partial charge in [0.05, 0.1) is 16.7 Å². The molecule has 0 bridgehead atoms. The summed E-state index contributed by atoms with van der Waals surface area (Å²) in [6.07, 6.45) is -3.04. The summed E-state index contributed by atoms with van der Waals surface area (Å²) in [4.78, 5) is 14.1. The maximum absolute atomic E-state index is 13.0. The number of amides is 1. The van der Waals surface area contributed by atoms with Crippen molar-refractivity contribution >= 4 is 27.5 Å². The Labute approximate surface area is 167 Å². The van der Waals surface area contributed by atoms with Crippen LogP contribution in [0.5, 0.6) is 0 Å². The van der Waals surface area contributed by atoms with Crippen LogP contribution in [-0.4, -0.2) is 55.9 Å². The first-order valence-corrected chi connectivity index (χ1v) is 11.0. The molecule has 156 valence electrons. The lowest BCUT2D eigenvalue weighted by molar-refractivity contribution is -0.188. The number of benzene rings is 1. The number of rotatable bonds is 3. The van der Waals surface area contributed by atoms with Crippen LogP contribution in [0.1, 0.15) is 25.7 Å². The summed E-state index contributed by atoms with van der Waals surface area (Å²) in [6, 6.07) is 5.77. The zero-order chi connectivity index (χ0) is 20.5. The second-order valence-corrected chi connectivity index (χ2v) is 9.70. The summed E-state index contributed by atoms with van der Waals surface area (Å²) in [5.41, 5.74) is 0. The van der Waals surface area contributed by atoms with E-state index in [0.717, 1.165) is 0 Å². The average Bonchev–Trinajstić information content (AvgIpc) is 2.67. The van der Waals surface area contributed by atoms with E-state index in [1.807, 2.05) is 0 Å². The van der Waals surface area contributed by atoms with E-state index in [2.05, 4.69) is 0 Å². The Balaban J connectivity index is 1.70. The highest BCUT2D eigenvalue weighted by molar-refractivity contribution is 7.89. The summed E-state index contributed by atoms with van der Waals surface area (Å²) < 4.78 is 66.0. The van der Waals surface area contributed by atoms with Crippen molar-refractivity contribution < 1.29 is 26.4 Å². The molecule has 5 nitrogen and oxygen atoms in total. The molecule has 1 aromatic carbocycles. The lowest BCUT2D eigenvalue weighted by atomic mass is 9.93. The van der Waals surface area contributed by atoms with Gasteiger partial charge in [-0.05, 0) is 49.9 Å². The fourth-order valence-corrected chi connectivity index (χ4v) is 5.47. The van der Waals surface area contributed by atoms with Crippen molar-refractivity contribution in [1.82, 2.24) is 9.21 Å². The largest absolute Gasteiger partial charge is 0.393 e. The third-order valence-corrected chi connectivity index (χ3v) is 7.51. The molecule has 1 amide bonds. The Kier molecular flexibility index (Phi) is 6.26. The molecule has 2 fully saturated rings. The number of piperidine rings is 2. The van der Waals surface area contributed by atoms with E-state index in [9.17, 15) is 26.4 Å². The first-order valence-electron chi connectivity index (χ1n) is 9.20. The summed E-state index contributed by atoms with van der Waals surface area (Å²) in [5, 5.41) is 0.412. The number of carbonyl (C=O) groups is 1. The molecule has 0 unspecified atom stereocenters. The van der Waals surface area contributed by atoms with Gasteiger partial charge in [-0.1, -0.05) is 11.6 Å². The molecule has 0 spiro atoms. The van der Waals surface area contributed by atoms with E-state index < -0.39 is 28.0 Å². The number of hydrogen-bond donors (Lipinski definition) is 0. The third-order valence-electron chi connectivity index (χ3n) is 5.38. The molecule has 2 saturated heterocycles. The lowest BCUT2D eigenvalue weighted by Gasteiger charge is -2.38. The number of likely N-dealkylation sites (tertiary alicyclic amines) is 1. The van der Waals surface area contributed by atoms with Crippen molar-refractivity contribution in [2.24, 2.45) is 11.8 Å². The fraction of sp³-hybridized carbons (Fsp3) is 0.611. The highest BCUT2D eigenvalue weighted by Crippen LogP contribution is 2.34. The summed E-state index contributed by atoms with van der Waals surface area (Å²) in [7, 11) is -3.79. The molecule has 0 aliphatic carbocycles. The number of nitrogens with zero attached hydrogens (tertiary/aromatic N) is 2. The Bertz CT molecular complexity index is 814. The van der Waals surface area contributed by atoms with Crippen LogP contribution < -0.4 is 0 Å². The summed E-state index contributed by atoms with van der Waals surface area (Å²) in [5.74, 6) is -2.52. The van der Waals surface area contributed by atoms with E-state index in [0.29, 0.717) is 24.3 Å². The molecule has 28 heavy (non-hydrogen) atoms. The fourth-order valence-electron chi connectivity index (χ4n) is 3.82. The standard InChI is InChI=1S/C18H22ClF3N2O3S/c19-15-5-7-16(8-6-15)28(26,27)24-10-1-3-13(11-24)17(25)23-9-2-4-14(12-23)18(20,21)22/h5-8,13-14H,1-4,9-12H2/t13-,14-/m0/s1. The second kappa shape index (κ2) is 8.20. The van der Waals surface area contributed by atoms with E-state index in [-0.39, 0.29) is 43.4 Å². The molecule has 2 heterocycles. The third kappa shape index (κ3) is 4.63. The number of alkyl halides is 3. The Morgan fingerprint density at radius 2 is 1.68 bits per heavy atom. The van der Waals surface area contributed by atoms with Crippen LogP contribution >= 0.6 is 11.6 Å². The van der Waals surface area contributed by atoms with Gasteiger partial charge in [-0.2, -0.15) is 17.5 Å². The van der Waals surface area contributed by atoms with E-state index >= 15 is 0 Å². The van der Waals surface area contributed by atoms with Crippen molar-refractivity contribution in [3.63, 3.8) is 0 Å². The quantitative estimate of drug-likeness (QED) is 0.725. The van der Waals surface area contributed by atoms with Gasteiger partial charge in [0, 0.05) is 31.2 Å². The van der Waals surface area contributed by atoms with Crippen LogP contribution in [0.3, 0.4) is 0 Å². The molecular weight excluding hydrogens is 417 g/mol. The molecule has 3 rings (SSSR count). The second-order valence-electron chi connectivity index (χ2n) is 7.32. The van der Waals surface area contributed by atoms with Crippen LogP contribution in [0, 0.1) is 11.8 Å². The molecule has 2 aliphatic rings. The van der Waals surface area contributed by atoms with Gasteiger partial charge in [0.1, 0.15) is 0 Å². The normalized spacial score (nSPS) is 24.9. The van der Waals surface area contributed by atoms with Crippen molar-refractivity contribution in [3.05, 3.63) is 29.3 Å². The predicted molar refractivity (Wildman–Crippen MR) is 98.3 cm³/mol. The predicted octanol–water partition coefficient (Wildman–Crippen LogP) is 3.54. The van der Waals surface area contributed by atoms with Gasteiger partial charge in [-0.25, -0.2) is 8.42 Å². The van der Waals surface area contributed by atoms with Crippen LogP contribution in [-0.2, 0) is 14.8 Å². The van der Waals surface area contributed by atoms with Crippen LogP contribution in [0.2, 0.25) is 5.02 Å². The number of halogens is 4. The number of sulfonamides is 1. The van der Waals surface area contributed by atoms with Gasteiger partial charge in [-0.3, -0.25) is 4.79 Å². The Morgan fingerprint density at radius 3 is 2.32 bits per heavy atom. The summed E-state index contributed by atoms with van der Waals surface area (Å²) >= 11 is 5.80. The molecule has 0 aromatic heterocycles. The van der Waals surface area contributed by atoms with Crippen molar-refractivity contribution in [3.8, 4) is 0 Å². The molecule has 2 atom stereocenters. The Morgan fingerprint density at radius 1 is 1.04 bits per heavy atom. The van der Waals surface area contributed by atoms with Crippen molar-refractivity contribution in [1.29, 1.82) is 0 Å². The van der Waals surface area contributed by atoms with Gasteiger partial charge in [0.15, 0.2) is 0 Å². The number of hydrogen-bond acceptors (Lipinski definition) is 3. The molecule has 10 heteroatoms. The maximum Gasteiger partial charge on any atom is 0.393 e. The summed E-state index contributed by atoms with van der Waals surface area (Å²) in [6.45, 7) is 0.200. The van der Waals surface area contributed by atoms with E-state index in [1.54, 1.807) is 0 Å². The molecule has 1 aromatic rings. The monoisotopic (exact) mass is 438 g/mol. The van der Waals surface area contributed by atoms with E-state index in [1.165, 1.54) is 33.5 Å². The minimum absolute atomic E-state index is 0.0169. The van der Waals surface area contributed by atoms with Crippen molar-refractivity contribution in [2.45, 2.75) is 36.8 Å². The van der Waals surface area contributed by atoms with Gasteiger partial charge < -0.3 is 4.90 Å². The van der Waals surface area contributed by atoms with Gasteiger partial charge >= 0.3 is 6.18 Å². The molecule has 0 N–H and O–H groups in total. The van der Waals surface area contributed by atoms with Gasteiger partial charge in [0.25, 0.3) is 0 Å². The first kappa shape index (κ1) is 21.4. The van der Waals surface area contributed by atoms with Crippen LogP contribution in [0.4, 0.5) is 13.2 Å². The minimum Gasteiger partial charge on any atom is -0.342 e. The molecular formula is C18H22ClF3N2O3S. The zero-order valence-corrected chi connectivity index (χ0v) is 16.7. The highest BCUT2D eigenvalue weighted by atomic mass is 35.5. The smallest absolute Gasteiger partial charge is 0.342 e. The molecule has 0 radical (unpaired) electrons. The number of carbonyl (C=O) groups excluding carboxylic acids is 1. The topological polar surface area (TPSA) is 57.7 Å². The maximum atomic E-state index is 13.0. The van der Waals surface area contributed by atoms with E-state index in [4.69, 9.17) is 11.6 Å².